The second kappa shape index (κ2) is 9.97. The minimum Gasteiger partial charge on any atom is -0.490 e. The standard InChI is InChI=1S/C11H22OS/c1-3-4-5-6-7-8-9-10-11(13)12-2/h3-10H2,1-2H3. The fourth-order valence-corrected chi connectivity index (χ4v) is 1.47. The van der Waals surface area contributed by atoms with Crippen molar-refractivity contribution in [1.82, 2.24) is 0 Å². The number of rotatable bonds is 8. The number of hydrogen-bond donors (Lipinski definition) is 0. The van der Waals surface area contributed by atoms with Crippen molar-refractivity contribution in [2.24, 2.45) is 0 Å². The summed E-state index contributed by atoms with van der Waals surface area (Å²) in [5.41, 5.74) is 0. The van der Waals surface area contributed by atoms with Crippen molar-refractivity contribution >= 4 is 17.3 Å². The number of ether oxygens (including phenoxy) is 1. The SMILES string of the molecule is CCCCCCCCCC(=S)OC. The summed E-state index contributed by atoms with van der Waals surface area (Å²) in [6, 6.07) is 0. The topological polar surface area (TPSA) is 9.23 Å². The molecule has 2 heteroatoms. The summed E-state index contributed by atoms with van der Waals surface area (Å²) in [7, 11) is 1.66. The van der Waals surface area contributed by atoms with Crippen molar-refractivity contribution in [1.29, 1.82) is 0 Å². The Labute approximate surface area is 87.9 Å². The lowest BCUT2D eigenvalue weighted by atomic mass is 10.1. The van der Waals surface area contributed by atoms with E-state index in [1.807, 2.05) is 0 Å². The first-order chi connectivity index (χ1) is 6.31. The van der Waals surface area contributed by atoms with Crippen LogP contribution in [0.4, 0.5) is 0 Å². The van der Waals surface area contributed by atoms with E-state index in [1.54, 1.807) is 7.11 Å². The average Bonchev–Trinajstić information content (AvgIpc) is 2.16. The highest BCUT2D eigenvalue weighted by Crippen LogP contribution is 2.08. The molecule has 0 heterocycles. The Bertz CT molecular complexity index is 123. The Morgan fingerprint density at radius 2 is 1.54 bits per heavy atom. The molecule has 0 rings (SSSR count). The Morgan fingerprint density at radius 3 is 2.08 bits per heavy atom. The summed E-state index contributed by atoms with van der Waals surface area (Å²) in [4.78, 5) is 0. The number of hydrogen-bond acceptors (Lipinski definition) is 2. The van der Waals surface area contributed by atoms with Crippen LogP contribution in [0, 0.1) is 0 Å². The van der Waals surface area contributed by atoms with E-state index >= 15 is 0 Å². The third kappa shape index (κ3) is 9.81. The Kier molecular flexibility index (Phi) is 9.89. The van der Waals surface area contributed by atoms with Gasteiger partial charge in [0, 0.05) is 6.42 Å². The Morgan fingerprint density at radius 1 is 1.00 bits per heavy atom. The fraction of sp³-hybridized carbons (Fsp3) is 0.909. The van der Waals surface area contributed by atoms with Gasteiger partial charge in [-0.2, -0.15) is 0 Å². The smallest absolute Gasteiger partial charge is 0.159 e. The molecule has 1 nitrogen and oxygen atoms in total. The molecule has 0 aliphatic heterocycles. The zero-order chi connectivity index (χ0) is 9.94. The molecule has 0 saturated heterocycles. The average molecular weight is 202 g/mol. The van der Waals surface area contributed by atoms with Gasteiger partial charge < -0.3 is 4.74 Å². The molecule has 78 valence electrons. The highest BCUT2D eigenvalue weighted by Gasteiger charge is 1.95. The summed E-state index contributed by atoms with van der Waals surface area (Å²) < 4.78 is 4.93. The molecular weight excluding hydrogens is 180 g/mol. The zero-order valence-electron chi connectivity index (χ0n) is 8.97. The first-order valence-electron chi connectivity index (χ1n) is 5.38. The Hall–Kier alpha value is -0.110. The molecule has 0 unspecified atom stereocenters. The van der Waals surface area contributed by atoms with E-state index in [1.165, 1.54) is 44.9 Å². The second-order valence-corrected chi connectivity index (χ2v) is 3.90. The largest absolute Gasteiger partial charge is 0.490 e. The molecule has 0 bridgehead atoms. The van der Waals surface area contributed by atoms with Gasteiger partial charge in [0.1, 0.15) is 0 Å². The highest BCUT2D eigenvalue weighted by molar-refractivity contribution is 7.80. The first kappa shape index (κ1) is 12.9. The molecule has 0 fully saturated rings. The van der Waals surface area contributed by atoms with E-state index in [0.717, 1.165) is 11.5 Å². The lowest BCUT2D eigenvalue weighted by Crippen LogP contribution is -1.96. The van der Waals surface area contributed by atoms with Crippen molar-refractivity contribution in [2.45, 2.75) is 58.3 Å². The lowest BCUT2D eigenvalue weighted by molar-refractivity contribution is 0.399. The summed E-state index contributed by atoms with van der Waals surface area (Å²) in [5, 5.41) is 0.758. The van der Waals surface area contributed by atoms with E-state index in [4.69, 9.17) is 17.0 Å². The number of unbranched alkanes of at least 4 members (excludes halogenated alkanes) is 6. The molecule has 0 radical (unpaired) electrons. The van der Waals surface area contributed by atoms with Gasteiger partial charge in [0.15, 0.2) is 5.05 Å². The van der Waals surface area contributed by atoms with E-state index < -0.39 is 0 Å². The van der Waals surface area contributed by atoms with E-state index in [9.17, 15) is 0 Å². The van der Waals surface area contributed by atoms with Gasteiger partial charge in [-0.3, -0.25) is 0 Å². The van der Waals surface area contributed by atoms with Crippen LogP contribution in [0.5, 0.6) is 0 Å². The lowest BCUT2D eigenvalue weighted by Gasteiger charge is -2.02. The maximum atomic E-state index is 4.95. The van der Waals surface area contributed by atoms with Crippen LogP contribution in [0.15, 0.2) is 0 Å². The molecule has 0 aliphatic rings. The van der Waals surface area contributed by atoms with Crippen LogP contribution in [-0.4, -0.2) is 12.2 Å². The normalized spacial score (nSPS) is 10.0. The van der Waals surface area contributed by atoms with Crippen LogP contribution in [0.25, 0.3) is 0 Å². The highest BCUT2D eigenvalue weighted by atomic mass is 32.1. The van der Waals surface area contributed by atoms with Gasteiger partial charge in [0.2, 0.25) is 0 Å². The Balaban J connectivity index is 2.95. The third-order valence-electron chi connectivity index (χ3n) is 2.21. The van der Waals surface area contributed by atoms with Crippen LogP contribution >= 0.6 is 12.2 Å². The number of thiocarbonyl (C=S) groups is 1. The van der Waals surface area contributed by atoms with Crippen molar-refractivity contribution in [3.8, 4) is 0 Å². The summed E-state index contributed by atoms with van der Waals surface area (Å²) in [6.45, 7) is 2.25. The molecule has 0 saturated carbocycles. The molecule has 13 heavy (non-hydrogen) atoms. The zero-order valence-corrected chi connectivity index (χ0v) is 9.79. The van der Waals surface area contributed by atoms with E-state index in [2.05, 4.69) is 6.92 Å². The monoisotopic (exact) mass is 202 g/mol. The van der Waals surface area contributed by atoms with Gasteiger partial charge in [-0.05, 0) is 18.6 Å². The van der Waals surface area contributed by atoms with Gasteiger partial charge in [0.05, 0.1) is 7.11 Å². The molecule has 0 atom stereocenters. The summed E-state index contributed by atoms with van der Waals surface area (Å²) in [5.74, 6) is 0. The molecule has 0 aliphatic carbocycles. The van der Waals surface area contributed by atoms with E-state index in [-0.39, 0.29) is 0 Å². The fourth-order valence-electron chi connectivity index (χ4n) is 1.33. The minimum absolute atomic E-state index is 0.758. The third-order valence-corrected chi connectivity index (χ3v) is 2.58. The molecular formula is C11H22OS. The van der Waals surface area contributed by atoms with Crippen LogP contribution in [0.3, 0.4) is 0 Å². The molecule has 0 aromatic rings. The molecule has 0 spiro atoms. The van der Waals surface area contributed by atoms with Gasteiger partial charge in [0.25, 0.3) is 0 Å². The second-order valence-electron chi connectivity index (χ2n) is 3.45. The molecule has 0 N–H and O–H groups in total. The van der Waals surface area contributed by atoms with Crippen molar-refractivity contribution in [3.05, 3.63) is 0 Å². The van der Waals surface area contributed by atoms with Gasteiger partial charge >= 0.3 is 0 Å². The van der Waals surface area contributed by atoms with Crippen LogP contribution in [0.2, 0.25) is 0 Å². The minimum atomic E-state index is 0.758. The van der Waals surface area contributed by atoms with Gasteiger partial charge in [-0.25, -0.2) is 0 Å². The van der Waals surface area contributed by atoms with Crippen molar-refractivity contribution < 1.29 is 4.74 Å². The quantitative estimate of drug-likeness (QED) is 0.433. The molecule has 0 aromatic heterocycles. The van der Waals surface area contributed by atoms with Crippen LogP contribution in [-0.2, 0) is 4.74 Å². The van der Waals surface area contributed by atoms with Gasteiger partial charge in [-0.15, -0.1) is 0 Å². The maximum Gasteiger partial charge on any atom is 0.159 e. The predicted octanol–water partition coefficient (Wildman–Crippen LogP) is 4.10. The molecule has 0 aromatic carbocycles. The summed E-state index contributed by atoms with van der Waals surface area (Å²) in [6.07, 6.45) is 10.3. The van der Waals surface area contributed by atoms with Crippen LogP contribution in [0.1, 0.15) is 58.3 Å². The maximum absolute atomic E-state index is 4.95. The van der Waals surface area contributed by atoms with Crippen molar-refractivity contribution in [3.63, 3.8) is 0 Å². The van der Waals surface area contributed by atoms with Crippen molar-refractivity contribution in [2.75, 3.05) is 7.11 Å². The van der Waals surface area contributed by atoms with Gasteiger partial charge in [-0.1, -0.05) is 45.4 Å². The molecule has 0 amide bonds. The van der Waals surface area contributed by atoms with E-state index in [0.29, 0.717) is 0 Å². The predicted molar refractivity (Wildman–Crippen MR) is 62.2 cm³/mol. The summed E-state index contributed by atoms with van der Waals surface area (Å²) >= 11 is 4.95. The first-order valence-corrected chi connectivity index (χ1v) is 5.79. The number of methoxy groups -OCH3 is 1. The van der Waals surface area contributed by atoms with Crippen LogP contribution < -0.4 is 0 Å².